The number of carbonyl (C=O) groups is 1. The van der Waals surface area contributed by atoms with Gasteiger partial charge in [0.15, 0.2) is 11.5 Å². The minimum Gasteiger partial charge on any atom is -0.493 e. The number of fused-ring (bicyclic) bond motifs is 1. The molecule has 0 fully saturated rings. The van der Waals surface area contributed by atoms with Crippen LogP contribution < -0.4 is 24.8 Å². The van der Waals surface area contributed by atoms with E-state index in [0.29, 0.717) is 28.7 Å². The Labute approximate surface area is 198 Å². The molecule has 174 valence electrons. The van der Waals surface area contributed by atoms with Crippen molar-refractivity contribution in [2.24, 2.45) is 0 Å². The Morgan fingerprint density at radius 2 is 1.56 bits per heavy atom. The van der Waals surface area contributed by atoms with Gasteiger partial charge in [-0.1, -0.05) is 29.8 Å². The fourth-order valence-electron chi connectivity index (χ4n) is 3.57. The van der Waals surface area contributed by atoms with Gasteiger partial charge < -0.3 is 24.8 Å². The molecule has 2 amide bonds. The maximum atomic E-state index is 12.4. The van der Waals surface area contributed by atoms with Gasteiger partial charge in [-0.05, 0) is 55.8 Å². The van der Waals surface area contributed by atoms with Crippen molar-refractivity contribution in [3.63, 3.8) is 0 Å². The SMILES string of the molecule is COc1cc2nccc(Oc3ccc(NC(=O)N[C@H](C)c4ccc(C)cc4)cc3)c2cc1OC. The van der Waals surface area contributed by atoms with Crippen LogP contribution in [0.25, 0.3) is 10.9 Å². The zero-order valence-corrected chi connectivity index (χ0v) is 19.6. The minimum atomic E-state index is -0.275. The lowest BCUT2D eigenvalue weighted by Gasteiger charge is -2.16. The van der Waals surface area contributed by atoms with Gasteiger partial charge in [-0.3, -0.25) is 4.98 Å². The number of methoxy groups -OCH3 is 2. The maximum absolute atomic E-state index is 12.4. The number of aromatic nitrogens is 1. The maximum Gasteiger partial charge on any atom is 0.319 e. The molecule has 34 heavy (non-hydrogen) atoms. The van der Waals surface area contributed by atoms with Crippen LogP contribution >= 0.6 is 0 Å². The Bertz CT molecular complexity index is 1290. The number of benzene rings is 3. The van der Waals surface area contributed by atoms with Crippen molar-refractivity contribution in [2.45, 2.75) is 19.9 Å². The first kappa shape index (κ1) is 22.9. The molecule has 1 atom stereocenters. The van der Waals surface area contributed by atoms with Crippen molar-refractivity contribution in [3.05, 3.63) is 84.1 Å². The number of amides is 2. The van der Waals surface area contributed by atoms with Gasteiger partial charge in [0, 0.05) is 23.3 Å². The number of hydrogen-bond acceptors (Lipinski definition) is 5. The van der Waals surface area contributed by atoms with Gasteiger partial charge in [0.05, 0.1) is 25.8 Å². The lowest BCUT2D eigenvalue weighted by molar-refractivity contribution is 0.249. The first-order chi connectivity index (χ1) is 16.5. The predicted octanol–water partition coefficient (Wildman–Crippen LogP) is 6.24. The lowest BCUT2D eigenvalue weighted by Crippen LogP contribution is -2.31. The van der Waals surface area contributed by atoms with Crippen molar-refractivity contribution in [1.82, 2.24) is 10.3 Å². The molecule has 0 bridgehead atoms. The van der Waals surface area contributed by atoms with E-state index in [1.54, 1.807) is 50.7 Å². The molecule has 0 unspecified atom stereocenters. The number of carbonyl (C=O) groups excluding carboxylic acids is 1. The molecule has 0 saturated heterocycles. The van der Waals surface area contributed by atoms with Crippen LogP contribution in [0, 0.1) is 6.92 Å². The number of nitrogens with zero attached hydrogens (tertiary/aromatic N) is 1. The van der Waals surface area contributed by atoms with Gasteiger partial charge >= 0.3 is 6.03 Å². The van der Waals surface area contributed by atoms with Crippen molar-refractivity contribution in [3.8, 4) is 23.0 Å². The minimum absolute atomic E-state index is 0.112. The molecule has 0 spiro atoms. The van der Waals surface area contributed by atoms with E-state index in [1.165, 1.54) is 5.56 Å². The van der Waals surface area contributed by atoms with Crippen LogP contribution in [0.2, 0.25) is 0 Å². The molecule has 4 rings (SSSR count). The number of urea groups is 1. The third kappa shape index (κ3) is 5.20. The molecule has 2 N–H and O–H groups in total. The van der Waals surface area contributed by atoms with Crippen LogP contribution in [0.4, 0.5) is 10.5 Å². The van der Waals surface area contributed by atoms with Crippen molar-refractivity contribution in [2.75, 3.05) is 19.5 Å². The van der Waals surface area contributed by atoms with E-state index in [1.807, 2.05) is 50.2 Å². The summed E-state index contributed by atoms with van der Waals surface area (Å²) in [4.78, 5) is 16.8. The molecule has 1 heterocycles. The molecule has 0 aliphatic rings. The molecular weight excluding hydrogens is 430 g/mol. The zero-order valence-electron chi connectivity index (χ0n) is 19.6. The Hall–Kier alpha value is -4.26. The molecule has 0 aliphatic heterocycles. The molecule has 0 aliphatic carbocycles. The third-order valence-electron chi connectivity index (χ3n) is 5.47. The Morgan fingerprint density at radius 3 is 2.24 bits per heavy atom. The van der Waals surface area contributed by atoms with Crippen LogP contribution in [-0.2, 0) is 0 Å². The summed E-state index contributed by atoms with van der Waals surface area (Å²) in [5.74, 6) is 2.46. The van der Waals surface area contributed by atoms with Crippen LogP contribution in [-0.4, -0.2) is 25.2 Å². The number of rotatable bonds is 7. The van der Waals surface area contributed by atoms with Crippen molar-refractivity contribution < 1.29 is 19.0 Å². The number of nitrogens with one attached hydrogen (secondary N) is 2. The first-order valence-electron chi connectivity index (χ1n) is 10.9. The van der Waals surface area contributed by atoms with Crippen LogP contribution in [0.1, 0.15) is 24.1 Å². The molecule has 0 radical (unpaired) electrons. The van der Waals surface area contributed by atoms with E-state index >= 15 is 0 Å². The summed E-state index contributed by atoms with van der Waals surface area (Å²) in [6.07, 6.45) is 1.68. The predicted molar refractivity (Wildman–Crippen MR) is 133 cm³/mol. The lowest BCUT2D eigenvalue weighted by atomic mass is 10.1. The number of ether oxygens (including phenoxy) is 3. The fourth-order valence-corrected chi connectivity index (χ4v) is 3.57. The van der Waals surface area contributed by atoms with E-state index in [4.69, 9.17) is 14.2 Å². The van der Waals surface area contributed by atoms with E-state index in [0.717, 1.165) is 16.5 Å². The van der Waals surface area contributed by atoms with Gasteiger partial charge in [0.1, 0.15) is 11.5 Å². The third-order valence-corrected chi connectivity index (χ3v) is 5.47. The smallest absolute Gasteiger partial charge is 0.319 e. The first-order valence-corrected chi connectivity index (χ1v) is 10.9. The molecule has 1 aromatic heterocycles. The van der Waals surface area contributed by atoms with Gasteiger partial charge in [0.2, 0.25) is 0 Å². The quantitative estimate of drug-likeness (QED) is 0.344. The van der Waals surface area contributed by atoms with E-state index < -0.39 is 0 Å². The van der Waals surface area contributed by atoms with Gasteiger partial charge in [0.25, 0.3) is 0 Å². The largest absolute Gasteiger partial charge is 0.493 e. The molecule has 4 aromatic rings. The Balaban J connectivity index is 1.43. The van der Waals surface area contributed by atoms with Crippen LogP contribution in [0.3, 0.4) is 0 Å². The van der Waals surface area contributed by atoms with Gasteiger partial charge in [-0.15, -0.1) is 0 Å². The normalized spacial score (nSPS) is 11.5. The van der Waals surface area contributed by atoms with E-state index in [2.05, 4.69) is 15.6 Å². The number of anilines is 1. The standard InChI is InChI=1S/C27H27N3O4/c1-17-5-7-19(8-6-17)18(2)29-27(31)30-20-9-11-21(12-10-20)34-24-13-14-28-23-16-26(33-4)25(32-3)15-22(23)24/h5-16,18H,1-4H3,(H2,29,30,31)/t18-/m1/s1. The summed E-state index contributed by atoms with van der Waals surface area (Å²) < 4.78 is 16.9. The Morgan fingerprint density at radius 1 is 0.882 bits per heavy atom. The summed E-state index contributed by atoms with van der Waals surface area (Å²) in [7, 11) is 3.17. The molecule has 7 heteroatoms. The highest BCUT2D eigenvalue weighted by Crippen LogP contribution is 2.37. The van der Waals surface area contributed by atoms with Crippen LogP contribution in [0.15, 0.2) is 72.9 Å². The molecule has 0 saturated carbocycles. The second-order valence-corrected chi connectivity index (χ2v) is 7.89. The summed E-state index contributed by atoms with van der Waals surface area (Å²) in [6, 6.07) is 20.3. The van der Waals surface area contributed by atoms with Crippen molar-refractivity contribution in [1.29, 1.82) is 0 Å². The fraction of sp³-hybridized carbons (Fsp3) is 0.185. The monoisotopic (exact) mass is 457 g/mol. The average Bonchev–Trinajstić information content (AvgIpc) is 2.84. The van der Waals surface area contributed by atoms with Gasteiger partial charge in [-0.2, -0.15) is 0 Å². The number of hydrogen-bond donors (Lipinski definition) is 2. The van der Waals surface area contributed by atoms with Crippen LogP contribution in [0.5, 0.6) is 23.0 Å². The average molecular weight is 458 g/mol. The van der Waals surface area contributed by atoms with Crippen molar-refractivity contribution >= 4 is 22.6 Å². The summed E-state index contributed by atoms with van der Waals surface area (Å²) in [5, 5.41) is 6.60. The highest BCUT2D eigenvalue weighted by Gasteiger charge is 2.12. The second-order valence-electron chi connectivity index (χ2n) is 7.89. The zero-order chi connectivity index (χ0) is 24.1. The summed E-state index contributed by atoms with van der Waals surface area (Å²) in [6.45, 7) is 3.98. The van der Waals surface area contributed by atoms with E-state index in [-0.39, 0.29) is 12.1 Å². The van der Waals surface area contributed by atoms with Gasteiger partial charge in [-0.25, -0.2) is 4.79 Å². The molecule has 7 nitrogen and oxygen atoms in total. The molecule has 3 aromatic carbocycles. The highest BCUT2D eigenvalue weighted by molar-refractivity contribution is 5.90. The van der Waals surface area contributed by atoms with E-state index in [9.17, 15) is 4.79 Å². The highest BCUT2D eigenvalue weighted by atomic mass is 16.5. The number of pyridine rings is 1. The Kier molecular flexibility index (Phi) is 6.82. The summed E-state index contributed by atoms with van der Waals surface area (Å²) in [5.41, 5.74) is 3.62. The number of aryl methyl sites for hydroxylation is 1. The second kappa shape index (κ2) is 10.1. The molecular formula is C27H27N3O4. The summed E-state index contributed by atoms with van der Waals surface area (Å²) >= 11 is 0. The topological polar surface area (TPSA) is 81.7 Å².